The van der Waals surface area contributed by atoms with E-state index in [1.54, 1.807) is 22.7 Å². The fourth-order valence-electron chi connectivity index (χ4n) is 15.4. The molecule has 0 N–H and O–H groups in total. The quantitative estimate of drug-likeness (QED) is 0.0364. The molecule has 3 unspecified atom stereocenters. The highest BCUT2D eigenvalue weighted by Crippen LogP contribution is 2.51. The summed E-state index contributed by atoms with van der Waals surface area (Å²) in [5.41, 5.74) is 8.37. The van der Waals surface area contributed by atoms with Crippen molar-refractivity contribution < 1.29 is 9.59 Å². The number of thiophene rings is 2. The van der Waals surface area contributed by atoms with Gasteiger partial charge in [-0.05, 0) is 118 Å². The molecule has 3 aromatic heterocycles. The Kier molecular flexibility index (Phi) is 34.8. The van der Waals surface area contributed by atoms with Crippen LogP contribution in [-0.4, -0.2) is 39.3 Å². The zero-order valence-corrected chi connectivity index (χ0v) is 61.3. The van der Waals surface area contributed by atoms with Crippen LogP contribution in [0.25, 0.3) is 43.6 Å². The molecule has 0 saturated carbocycles. The molecule has 2 aromatic carbocycles. The van der Waals surface area contributed by atoms with Gasteiger partial charge in [-0.15, -0.1) is 22.7 Å². The Morgan fingerprint density at radius 3 is 1.03 bits per heavy atom. The first-order chi connectivity index (χ1) is 44.6. The molecule has 3 atom stereocenters. The molecule has 0 spiro atoms. The fraction of sp³-hybridized carbons (Fsp3) is 0.690. The molecule has 5 aromatic rings. The molecule has 7 heteroatoms. The zero-order chi connectivity index (χ0) is 64.4. The summed E-state index contributed by atoms with van der Waals surface area (Å²) in [7, 11) is 0. The first-order valence-electron chi connectivity index (χ1n) is 39.0. The second-order valence-corrected chi connectivity index (χ2v) is 31.2. The number of aromatic nitrogens is 1. The predicted molar refractivity (Wildman–Crippen MR) is 401 cm³/mol. The van der Waals surface area contributed by atoms with Gasteiger partial charge in [-0.2, -0.15) is 0 Å². The summed E-state index contributed by atoms with van der Waals surface area (Å²) in [6.45, 7) is 20.7. The highest BCUT2D eigenvalue weighted by molar-refractivity contribution is 7.16. The fourth-order valence-corrected chi connectivity index (χ4v) is 17.4. The summed E-state index contributed by atoms with van der Waals surface area (Å²) in [6, 6.07) is 23.4. The van der Waals surface area contributed by atoms with E-state index in [2.05, 4.69) is 130 Å². The average Bonchev–Trinajstić information content (AvgIpc) is 1.56. The number of hydrogen-bond donors (Lipinski definition) is 0. The number of nitrogens with zero attached hydrogens (tertiary/aromatic N) is 3. The molecular formula is C84H131N3O2S2. The van der Waals surface area contributed by atoms with E-state index >= 15 is 9.59 Å². The summed E-state index contributed by atoms with van der Waals surface area (Å²) in [6.07, 6.45) is 56.9. The molecule has 0 radical (unpaired) electrons. The first-order valence-corrected chi connectivity index (χ1v) is 40.6. The van der Waals surface area contributed by atoms with Gasteiger partial charge in [0, 0.05) is 51.2 Å². The highest BCUT2D eigenvalue weighted by Gasteiger charge is 2.50. The van der Waals surface area contributed by atoms with Gasteiger partial charge < -0.3 is 14.4 Å². The molecule has 7 rings (SSSR count). The van der Waals surface area contributed by atoms with Gasteiger partial charge in [0.25, 0.3) is 11.8 Å². The van der Waals surface area contributed by atoms with Crippen molar-refractivity contribution in [2.24, 2.45) is 17.8 Å². The number of carbonyl (C=O) groups excluding carboxylic acids is 2. The van der Waals surface area contributed by atoms with Crippen LogP contribution in [-0.2, 0) is 16.1 Å². The Morgan fingerprint density at radius 1 is 0.330 bits per heavy atom. The van der Waals surface area contributed by atoms with Crippen LogP contribution in [0, 0.1) is 31.6 Å². The largest absolute Gasteiger partial charge is 0.340 e. The number of fused-ring (bicyclic) bond motifs is 4. The molecule has 91 heavy (non-hydrogen) atoms. The van der Waals surface area contributed by atoms with E-state index in [0.717, 1.165) is 53.4 Å². The van der Waals surface area contributed by atoms with Crippen molar-refractivity contribution in [3.05, 3.63) is 92.0 Å². The molecule has 0 fully saturated rings. The number of amides is 2. The maximum absolute atomic E-state index is 16.1. The van der Waals surface area contributed by atoms with Crippen LogP contribution in [0.3, 0.4) is 0 Å². The number of rotatable bonds is 53. The van der Waals surface area contributed by atoms with Crippen LogP contribution < -0.4 is 0 Å². The number of hydrogen-bond acceptors (Lipinski definition) is 4. The van der Waals surface area contributed by atoms with Crippen LogP contribution in [0.5, 0.6) is 0 Å². The Morgan fingerprint density at radius 2 is 0.648 bits per heavy atom. The minimum absolute atomic E-state index is 0.0503. The van der Waals surface area contributed by atoms with E-state index in [1.807, 2.05) is 0 Å². The summed E-state index contributed by atoms with van der Waals surface area (Å²) >= 11 is 3.55. The van der Waals surface area contributed by atoms with Gasteiger partial charge >= 0.3 is 0 Å². The van der Waals surface area contributed by atoms with E-state index in [9.17, 15) is 0 Å². The molecule has 0 saturated heterocycles. The average molecular weight is 1280 g/mol. The van der Waals surface area contributed by atoms with E-state index in [4.69, 9.17) is 0 Å². The van der Waals surface area contributed by atoms with E-state index < -0.39 is 0 Å². The Bertz CT molecular complexity index is 2930. The lowest BCUT2D eigenvalue weighted by molar-refractivity contribution is -0.124. The second kappa shape index (κ2) is 42.5. The minimum atomic E-state index is 0.0503. The number of unbranched alkanes of at least 4 members (excludes halogenated alkanes) is 32. The number of aryl methyl sites for hydroxylation is 2. The molecular weight excluding hydrogens is 1150 g/mol. The lowest BCUT2D eigenvalue weighted by Gasteiger charge is -2.29. The van der Waals surface area contributed by atoms with Crippen LogP contribution in [0.15, 0.2) is 71.8 Å². The lowest BCUT2D eigenvalue weighted by Crippen LogP contribution is -2.34. The molecule has 2 amide bonds. The Labute approximate surface area is 565 Å². The number of benzene rings is 2. The van der Waals surface area contributed by atoms with Gasteiger partial charge in [-0.3, -0.25) is 9.59 Å². The van der Waals surface area contributed by atoms with Crippen molar-refractivity contribution >= 4 is 67.7 Å². The van der Waals surface area contributed by atoms with Crippen LogP contribution >= 0.6 is 22.7 Å². The monoisotopic (exact) mass is 1280 g/mol. The molecule has 5 nitrogen and oxygen atoms in total. The van der Waals surface area contributed by atoms with Crippen molar-refractivity contribution in [2.75, 3.05) is 13.1 Å². The third-order valence-electron chi connectivity index (χ3n) is 20.9. The Hall–Kier alpha value is -3.94. The van der Waals surface area contributed by atoms with E-state index in [-0.39, 0.29) is 11.8 Å². The first kappa shape index (κ1) is 74.5. The summed E-state index contributed by atoms with van der Waals surface area (Å²) in [5.74, 6) is 1.51. The molecule has 5 heterocycles. The van der Waals surface area contributed by atoms with Crippen molar-refractivity contribution in [3.8, 4) is 10.4 Å². The molecule has 2 aliphatic rings. The smallest absolute Gasteiger partial charge is 0.261 e. The third kappa shape index (κ3) is 23.2. The molecule has 506 valence electrons. The summed E-state index contributed by atoms with van der Waals surface area (Å²) < 4.78 is 2.73. The van der Waals surface area contributed by atoms with Crippen molar-refractivity contribution in [2.45, 2.75) is 344 Å². The normalized spacial score (nSPS) is 14.7. The van der Waals surface area contributed by atoms with Gasteiger partial charge in [0.2, 0.25) is 0 Å². The number of carbonyl (C=O) groups is 2. The lowest BCUT2D eigenvalue weighted by atomic mass is 9.93. The van der Waals surface area contributed by atoms with Crippen molar-refractivity contribution in [3.63, 3.8) is 0 Å². The van der Waals surface area contributed by atoms with Crippen LogP contribution in [0.4, 0.5) is 0 Å². The van der Waals surface area contributed by atoms with Crippen LogP contribution in [0.1, 0.15) is 344 Å². The van der Waals surface area contributed by atoms with Gasteiger partial charge in [0.05, 0.1) is 32.3 Å². The molecule has 0 aliphatic carbocycles. The molecule has 2 aliphatic heterocycles. The molecule has 0 bridgehead atoms. The highest BCUT2D eigenvalue weighted by atomic mass is 32.1. The van der Waals surface area contributed by atoms with Crippen molar-refractivity contribution in [1.29, 1.82) is 0 Å². The Balaban J connectivity index is 1.26. The van der Waals surface area contributed by atoms with Gasteiger partial charge in [0.15, 0.2) is 0 Å². The maximum atomic E-state index is 16.1. The van der Waals surface area contributed by atoms with E-state index in [0.29, 0.717) is 42.0 Å². The van der Waals surface area contributed by atoms with Gasteiger partial charge in [-0.25, -0.2) is 0 Å². The topological polar surface area (TPSA) is 45.6 Å². The van der Waals surface area contributed by atoms with E-state index in [1.165, 1.54) is 300 Å². The SMILES string of the molecule is CCCCCCCCCCCCC(CCCCCCCCCC)Cn1c2cc(C)ccc2c2ccc(-c3ccc(C4=C5C(=O)N(CC(CCCCCC)CCCCCCCC)C(c6ccc(C)s6)=C5C(=O)N4CC(CCCCCC)CCCCCCCC)s3)cc21. The van der Waals surface area contributed by atoms with Gasteiger partial charge in [-0.1, -0.05) is 310 Å². The van der Waals surface area contributed by atoms with Gasteiger partial charge in [0.1, 0.15) is 0 Å². The summed E-state index contributed by atoms with van der Waals surface area (Å²) in [5, 5.41) is 2.70. The maximum Gasteiger partial charge on any atom is 0.261 e. The second-order valence-electron chi connectivity index (χ2n) is 28.9. The third-order valence-corrected chi connectivity index (χ3v) is 23.1. The predicted octanol–water partition coefficient (Wildman–Crippen LogP) is 27.1. The van der Waals surface area contributed by atoms with Crippen LogP contribution in [0.2, 0.25) is 0 Å². The van der Waals surface area contributed by atoms with Crippen molar-refractivity contribution in [1.82, 2.24) is 14.4 Å². The zero-order valence-electron chi connectivity index (χ0n) is 59.7. The summed E-state index contributed by atoms with van der Waals surface area (Å²) in [4.78, 5) is 40.9. The minimum Gasteiger partial charge on any atom is -0.340 e. The standard InChI is InChI=1S/C84H131N3O2S2/c1-9-15-21-27-31-33-34-36-40-46-50-68(49-45-39-35-32-28-22-16-10-2)63-85-74-61-66(7)53-56-72(74)73-57-55-71(62-75(73)85)76-59-60-78(91-76)82-80-79(83(88)87(82)65-70(48-42-26-20-14-6)52-44-38-30-24-18-12-4)81(77-58-54-67(8)90-77)86(84(80)89)64-69(47-41-25-19-13-5)51-43-37-29-23-17-11-3/h53-62,68-70H,9-52,63-65H2,1-8H3.